The molecule has 0 saturated heterocycles. The largest absolute Gasteiger partial charge is 0.473 e. The van der Waals surface area contributed by atoms with E-state index in [2.05, 4.69) is 24.1 Å². The van der Waals surface area contributed by atoms with E-state index in [0.717, 1.165) is 23.2 Å². The Morgan fingerprint density at radius 1 is 1.26 bits per heavy atom. The lowest BCUT2D eigenvalue weighted by Gasteiger charge is -2.13. The van der Waals surface area contributed by atoms with Crippen molar-refractivity contribution in [1.29, 1.82) is 0 Å². The van der Waals surface area contributed by atoms with Crippen molar-refractivity contribution in [1.82, 2.24) is 4.98 Å². The van der Waals surface area contributed by atoms with Gasteiger partial charge in [-0.05, 0) is 37.0 Å². The molecule has 2 nitrogen and oxygen atoms in total. The topological polar surface area (TPSA) is 22.1 Å². The summed E-state index contributed by atoms with van der Waals surface area (Å²) in [6.07, 6.45) is 5.20. The zero-order chi connectivity index (χ0) is 13.2. The second kappa shape index (κ2) is 4.88. The number of allylic oxidation sites excluding steroid dienone is 1. The summed E-state index contributed by atoms with van der Waals surface area (Å²) >= 11 is 0. The molecule has 0 unspecified atom stereocenters. The lowest BCUT2D eigenvalue weighted by molar-refractivity contribution is 0.291. The Balaban J connectivity index is 1.85. The third-order valence-electron chi connectivity index (χ3n) is 3.43. The monoisotopic (exact) mass is 250 g/mol. The first-order chi connectivity index (χ1) is 9.25. The molecule has 95 valence electrons. The number of rotatable bonds is 3. The molecule has 0 saturated carbocycles. The Morgan fingerprint density at radius 3 is 2.84 bits per heavy atom. The molecule has 1 aliphatic rings. The summed E-state index contributed by atoms with van der Waals surface area (Å²) < 4.78 is 5.83. The normalized spacial score (nSPS) is 12.5. The SMILES string of the molecule is [CH2]c1c(OCc2ccccc2)nc(C)c2c1CC=C2. The molecule has 2 heteroatoms. The molecule has 0 bridgehead atoms. The fourth-order valence-electron chi connectivity index (χ4n) is 2.38. The highest BCUT2D eigenvalue weighted by Gasteiger charge is 2.16. The number of aromatic nitrogens is 1. The van der Waals surface area contributed by atoms with Gasteiger partial charge < -0.3 is 4.74 Å². The Labute approximate surface area is 113 Å². The van der Waals surface area contributed by atoms with Crippen molar-refractivity contribution in [2.45, 2.75) is 20.0 Å². The lowest BCUT2D eigenvalue weighted by atomic mass is 10.0. The van der Waals surface area contributed by atoms with Crippen LogP contribution in [0.2, 0.25) is 0 Å². The minimum absolute atomic E-state index is 0.530. The molecule has 1 radical (unpaired) electrons. The van der Waals surface area contributed by atoms with E-state index >= 15 is 0 Å². The fourth-order valence-corrected chi connectivity index (χ4v) is 2.38. The van der Waals surface area contributed by atoms with Crippen molar-refractivity contribution >= 4 is 6.08 Å². The van der Waals surface area contributed by atoms with E-state index in [9.17, 15) is 0 Å². The van der Waals surface area contributed by atoms with Crippen molar-refractivity contribution in [3.8, 4) is 5.88 Å². The molecule has 1 aliphatic carbocycles. The van der Waals surface area contributed by atoms with E-state index in [1.54, 1.807) is 0 Å². The Morgan fingerprint density at radius 2 is 2.05 bits per heavy atom. The summed E-state index contributed by atoms with van der Waals surface area (Å²) in [7, 11) is 0. The van der Waals surface area contributed by atoms with Crippen LogP contribution in [-0.4, -0.2) is 4.98 Å². The van der Waals surface area contributed by atoms with Gasteiger partial charge in [-0.2, -0.15) is 0 Å². The summed E-state index contributed by atoms with van der Waals surface area (Å²) in [5.74, 6) is 0.656. The van der Waals surface area contributed by atoms with Crippen LogP contribution in [0, 0.1) is 13.8 Å². The molecule has 19 heavy (non-hydrogen) atoms. The standard InChI is InChI=1S/C17H16NO/c1-12-15-9-6-10-16(15)13(2)18-17(12)19-11-14-7-4-3-5-8-14/h3-8,10H,1,9,11H2,2H3. The van der Waals surface area contributed by atoms with E-state index < -0.39 is 0 Å². The van der Waals surface area contributed by atoms with Crippen LogP contribution in [0.4, 0.5) is 0 Å². The minimum Gasteiger partial charge on any atom is -0.473 e. The van der Waals surface area contributed by atoms with Crippen LogP contribution < -0.4 is 4.74 Å². The van der Waals surface area contributed by atoms with E-state index in [4.69, 9.17) is 4.74 Å². The van der Waals surface area contributed by atoms with E-state index in [1.807, 2.05) is 37.3 Å². The first kappa shape index (κ1) is 12.0. The van der Waals surface area contributed by atoms with Gasteiger partial charge in [0.25, 0.3) is 0 Å². The van der Waals surface area contributed by atoms with Crippen molar-refractivity contribution in [2.24, 2.45) is 0 Å². The Hall–Kier alpha value is -2.09. The van der Waals surface area contributed by atoms with Crippen LogP contribution in [-0.2, 0) is 13.0 Å². The van der Waals surface area contributed by atoms with Gasteiger partial charge in [-0.15, -0.1) is 0 Å². The van der Waals surface area contributed by atoms with Gasteiger partial charge in [0, 0.05) is 11.3 Å². The quantitative estimate of drug-likeness (QED) is 0.828. The van der Waals surface area contributed by atoms with Crippen LogP contribution in [0.1, 0.15) is 27.9 Å². The number of pyridine rings is 1. The van der Waals surface area contributed by atoms with Gasteiger partial charge in [-0.25, -0.2) is 4.98 Å². The van der Waals surface area contributed by atoms with E-state index in [-0.39, 0.29) is 0 Å². The Bertz CT molecular complexity index is 629. The van der Waals surface area contributed by atoms with Crippen molar-refractivity contribution in [3.63, 3.8) is 0 Å². The van der Waals surface area contributed by atoms with Crippen LogP contribution >= 0.6 is 0 Å². The van der Waals surface area contributed by atoms with Gasteiger partial charge in [-0.1, -0.05) is 42.5 Å². The first-order valence-electron chi connectivity index (χ1n) is 6.44. The molecular formula is C17H16NO. The maximum absolute atomic E-state index is 5.83. The third kappa shape index (κ3) is 2.26. The van der Waals surface area contributed by atoms with Gasteiger partial charge in [0.2, 0.25) is 5.88 Å². The molecule has 2 aromatic rings. The zero-order valence-corrected chi connectivity index (χ0v) is 11.0. The number of hydrogen-bond acceptors (Lipinski definition) is 2. The molecule has 0 atom stereocenters. The predicted molar refractivity (Wildman–Crippen MR) is 76.9 cm³/mol. The zero-order valence-electron chi connectivity index (χ0n) is 11.0. The summed E-state index contributed by atoms with van der Waals surface area (Å²) in [6, 6.07) is 10.1. The van der Waals surface area contributed by atoms with E-state index in [1.165, 1.54) is 11.1 Å². The fraction of sp³-hybridized carbons (Fsp3) is 0.176. The van der Waals surface area contributed by atoms with Gasteiger partial charge >= 0.3 is 0 Å². The van der Waals surface area contributed by atoms with Crippen LogP contribution in [0.3, 0.4) is 0 Å². The van der Waals surface area contributed by atoms with E-state index in [0.29, 0.717) is 12.5 Å². The first-order valence-corrected chi connectivity index (χ1v) is 6.44. The number of hydrogen-bond donors (Lipinski definition) is 0. The molecule has 1 heterocycles. The predicted octanol–water partition coefficient (Wildman–Crippen LogP) is 3.72. The highest BCUT2D eigenvalue weighted by Crippen LogP contribution is 2.30. The number of benzene rings is 1. The highest BCUT2D eigenvalue weighted by atomic mass is 16.5. The molecule has 0 fully saturated rings. The van der Waals surface area contributed by atoms with Crippen LogP contribution in [0.5, 0.6) is 5.88 Å². The minimum atomic E-state index is 0.530. The van der Waals surface area contributed by atoms with Gasteiger partial charge in [0.1, 0.15) is 6.61 Å². The molecule has 3 rings (SSSR count). The third-order valence-corrected chi connectivity index (χ3v) is 3.43. The molecule has 0 spiro atoms. The highest BCUT2D eigenvalue weighted by molar-refractivity contribution is 5.65. The number of nitrogens with zero attached hydrogens (tertiary/aromatic N) is 1. The average Bonchev–Trinajstić information content (AvgIpc) is 2.92. The van der Waals surface area contributed by atoms with Crippen LogP contribution in [0.15, 0.2) is 36.4 Å². The average molecular weight is 250 g/mol. The second-order valence-electron chi connectivity index (χ2n) is 4.75. The summed E-state index contributed by atoms with van der Waals surface area (Å²) in [6.45, 7) is 6.66. The number of aryl methyl sites for hydroxylation is 1. The molecule has 1 aromatic carbocycles. The van der Waals surface area contributed by atoms with Gasteiger partial charge in [0.15, 0.2) is 0 Å². The lowest BCUT2D eigenvalue weighted by Crippen LogP contribution is -2.03. The summed E-state index contributed by atoms with van der Waals surface area (Å²) in [5, 5.41) is 0. The molecule has 0 amide bonds. The maximum atomic E-state index is 5.83. The number of fused-ring (bicyclic) bond motifs is 1. The van der Waals surface area contributed by atoms with Gasteiger partial charge in [-0.3, -0.25) is 0 Å². The van der Waals surface area contributed by atoms with Crippen molar-refractivity contribution < 1.29 is 4.74 Å². The van der Waals surface area contributed by atoms with Crippen molar-refractivity contribution in [3.05, 3.63) is 71.3 Å². The molecule has 0 aliphatic heterocycles. The Kier molecular flexibility index (Phi) is 3.08. The molecule has 1 aromatic heterocycles. The van der Waals surface area contributed by atoms with Crippen molar-refractivity contribution in [2.75, 3.05) is 0 Å². The van der Waals surface area contributed by atoms with Gasteiger partial charge in [0.05, 0.1) is 0 Å². The maximum Gasteiger partial charge on any atom is 0.217 e. The smallest absolute Gasteiger partial charge is 0.217 e. The summed E-state index contributed by atoms with van der Waals surface area (Å²) in [5.41, 5.74) is 5.52. The second-order valence-corrected chi connectivity index (χ2v) is 4.75. The van der Waals surface area contributed by atoms with Crippen LogP contribution in [0.25, 0.3) is 6.08 Å². The summed E-state index contributed by atoms with van der Waals surface area (Å²) in [4.78, 5) is 4.52. The molecule has 0 N–H and O–H groups in total. The molecular weight excluding hydrogens is 234 g/mol. The number of ether oxygens (including phenoxy) is 1.